The molecule has 4 nitrogen and oxygen atoms in total. The van der Waals surface area contributed by atoms with Gasteiger partial charge in [0, 0.05) is 6.42 Å². The summed E-state index contributed by atoms with van der Waals surface area (Å²) in [6, 6.07) is 13.0. The minimum atomic E-state index is -0.984. The number of hydrogen-bond donors (Lipinski definition) is 1. The largest absolute Gasteiger partial charge is 0.497 e. The quantitative estimate of drug-likeness (QED) is 0.888. The molecule has 22 heavy (non-hydrogen) atoms. The van der Waals surface area contributed by atoms with E-state index in [2.05, 4.69) is 0 Å². The molecule has 0 saturated heterocycles. The Hall–Kier alpha value is -2.49. The van der Waals surface area contributed by atoms with E-state index in [0.29, 0.717) is 11.5 Å². The van der Waals surface area contributed by atoms with Crippen molar-refractivity contribution < 1.29 is 19.4 Å². The number of benzene rings is 2. The number of aliphatic carboxylic acids is 1. The zero-order chi connectivity index (χ0) is 16.1. The molecule has 0 unspecified atom stereocenters. The summed E-state index contributed by atoms with van der Waals surface area (Å²) in [4.78, 5) is 11.5. The fourth-order valence-electron chi connectivity index (χ4n) is 2.36. The van der Waals surface area contributed by atoms with Gasteiger partial charge in [0.05, 0.1) is 7.11 Å². The number of aryl methyl sites for hydroxylation is 2. The number of carboxylic acid groups (broad SMARTS) is 1. The highest BCUT2D eigenvalue weighted by Gasteiger charge is 2.20. The molecule has 0 aliphatic carbocycles. The van der Waals surface area contributed by atoms with E-state index in [1.54, 1.807) is 7.11 Å². The highest BCUT2D eigenvalue weighted by Crippen LogP contribution is 2.20. The summed E-state index contributed by atoms with van der Waals surface area (Å²) in [5, 5.41) is 9.40. The lowest BCUT2D eigenvalue weighted by Gasteiger charge is -2.16. The summed E-state index contributed by atoms with van der Waals surface area (Å²) < 4.78 is 10.8. The first kappa shape index (κ1) is 15.9. The zero-order valence-corrected chi connectivity index (χ0v) is 13.0. The summed E-state index contributed by atoms with van der Waals surface area (Å²) in [6.45, 7) is 3.91. The van der Waals surface area contributed by atoms with Gasteiger partial charge >= 0.3 is 5.97 Å². The van der Waals surface area contributed by atoms with Crippen molar-refractivity contribution in [1.82, 2.24) is 0 Å². The van der Waals surface area contributed by atoms with Crippen molar-refractivity contribution in [3.05, 3.63) is 59.2 Å². The third kappa shape index (κ3) is 4.25. The number of carbonyl (C=O) groups is 1. The minimum absolute atomic E-state index is 0.277. The number of carboxylic acids is 1. The summed E-state index contributed by atoms with van der Waals surface area (Å²) in [7, 11) is 1.58. The van der Waals surface area contributed by atoms with Gasteiger partial charge in [-0.15, -0.1) is 0 Å². The van der Waals surface area contributed by atoms with Gasteiger partial charge in [-0.25, -0.2) is 4.79 Å². The van der Waals surface area contributed by atoms with Crippen molar-refractivity contribution in [2.45, 2.75) is 26.4 Å². The molecular formula is C18H20O4. The smallest absolute Gasteiger partial charge is 0.345 e. The van der Waals surface area contributed by atoms with Gasteiger partial charge in [0.2, 0.25) is 0 Å². The Kier molecular flexibility index (Phi) is 5.04. The molecule has 0 aromatic heterocycles. The monoisotopic (exact) mass is 300 g/mol. The van der Waals surface area contributed by atoms with Crippen LogP contribution in [0.25, 0.3) is 0 Å². The highest BCUT2D eigenvalue weighted by molar-refractivity contribution is 5.73. The average molecular weight is 300 g/mol. The van der Waals surface area contributed by atoms with Crippen molar-refractivity contribution in [1.29, 1.82) is 0 Å². The van der Waals surface area contributed by atoms with Gasteiger partial charge < -0.3 is 14.6 Å². The molecule has 0 heterocycles. The van der Waals surface area contributed by atoms with E-state index in [0.717, 1.165) is 16.7 Å². The first-order valence-corrected chi connectivity index (χ1v) is 7.08. The molecule has 0 radical (unpaired) electrons. The second-order valence-electron chi connectivity index (χ2n) is 5.32. The second-order valence-corrected chi connectivity index (χ2v) is 5.32. The van der Waals surface area contributed by atoms with E-state index < -0.39 is 12.1 Å². The predicted octanol–water partition coefficient (Wildman–Crippen LogP) is 3.39. The average Bonchev–Trinajstić information content (AvgIpc) is 2.45. The van der Waals surface area contributed by atoms with Crippen LogP contribution in [0.2, 0.25) is 0 Å². The van der Waals surface area contributed by atoms with Crippen LogP contribution in [0.3, 0.4) is 0 Å². The lowest BCUT2D eigenvalue weighted by Crippen LogP contribution is -2.29. The van der Waals surface area contributed by atoms with Crippen LogP contribution >= 0.6 is 0 Å². The molecule has 2 aromatic carbocycles. The predicted molar refractivity (Wildman–Crippen MR) is 84.7 cm³/mol. The Labute approximate surface area is 130 Å². The normalized spacial score (nSPS) is 11.8. The van der Waals surface area contributed by atoms with E-state index in [4.69, 9.17) is 9.47 Å². The zero-order valence-electron chi connectivity index (χ0n) is 13.0. The first-order valence-electron chi connectivity index (χ1n) is 7.08. The van der Waals surface area contributed by atoms with Gasteiger partial charge in [-0.2, -0.15) is 0 Å². The molecule has 4 heteroatoms. The molecule has 0 aliphatic rings. The van der Waals surface area contributed by atoms with Crippen LogP contribution in [-0.2, 0) is 11.2 Å². The van der Waals surface area contributed by atoms with E-state index in [9.17, 15) is 9.90 Å². The number of hydrogen-bond acceptors (Lipinski definition) is 3. The summed E-state index contributed by atoms with van der Waals surface area (Å²) in [6.07, 6.45) is -0.659. The highest BCUT2D eigenvalue weighted by atomic mass is 16.5. The molecule has 1 atom stereocenters. The molecule has 0 amide bonds. The molecule has 116 valence electrons. The SMILES string of the molecule is COc1cccc(C[C@H](Oc2cc(C)cc(C)c2)C(=O)O)c1. The maximum atomic E-state index is 11.5. The maximum absolute atomic E-state index is 11.5. The minimum Gasteiger partial charge on any atom is -0.497 e. The van der Waals surface area contributed by atoms with Crippen molar-refractivity contribution in [3.63, 3.8) is 0 Å². The van der Waals surface area contributed by atoms with E-state index in [1.807, 2.05) is 56.3 Å². The van der Waals surface area contributed by atoms with Gasteiger partial charge in [-0.1, -0.05) is 18.2 Å². The van der Waals surface area contributed by atoms with Gasteiger partial charge in [0.15, 0.2) is 6.10 Å². The maximum Gasteiger partial charge on any atom is 0.345 e. The van der Waals surface area contributed by atoms with Crippen molar-refractivity contribution in [2.24, 2.45) is 0 Å². The molecule has 1 N–H and O–H groups in total. The fraction of sp³-hybridized carbons (Fsp3) is 0.278. The Bertz CT molecular complexity index is 644. The molecule has 0 spiro atoms. The van der Waals surface area contributed by atoms with Gasteiger partial charge in [-0.3, -0.25) is 0 Å². The van der Waals surface area contributed by atoms with Crippen LogP contribution < -0.4 is 9.47 Å². The number of methoxy groups -OCH3 is 1. The fourth-order valence-corrected chi connectivity index (χ4v) is 2.36. The Morgan fingerprint density at radius 2 is 1.77 bits per heavy atom. The van der Waals surface area contributed by atoms with Crippen LogP contribution in [0.1, 0.15) is 16.7 Å². The first-order chi connectivity index (χ1) is 10.5. The van der Waals surface area contributed by atoms with Crippen molar-refractivity contribution in [3.8, 4) is 11.5 Å². The van der Waals surface area contributed by atoms with Crippen molar-refractivity contribution >= 4 is 5.97 Å². The van der Waals surface area contributed by atoms with Crippen molar-refractivity contribution in [2.75, 3.05) is 7.11 Å². The molecule has 2 aromatic rings. The van der Waals surface area contributed by atoms with E-state index in [-0.39, 0.29) is 6.42 Å². The lowest BCUT2D eigenvalue weighted by atomic mass is 10.1. The van der Waals surface area contributed by atoms with Crippen LogP contribution in [-0.4, -0.2) is 24.3 Å². The van der Waals surface area contributed by atoms with Gasteiger partial charge in [0.1, 0.15) is 11.5 Å². The summed E-state index contributed by atoms with van der Waals surface area (Å²) >= 11 is 0. The number of ether oxygens (including phenoxy) is 2. The molecule has 0 fully saturated rings. The third-order valence-electron chi connectivity index (χ3n) is 3.30. The van der Waals surface area contributed by atoms with Crippen LogP contribution in [0.4, 0.5) is 0 Å². The van der Waals surface area contributed by atoms with Crippen LogP contribution in [0.5, 0.6) is 11.5 Å². The molecule has 0 saturated carbocycles. The van der Waals surface area contributed by atoms with Crippen LogP contribution in [0.15, 0.2) is 42.5 Å². The van der Waals surface area contributed by atoms with E-state index in [1.165, 1.54) is 0 Å². The third-order valence-corrected chi connectivity index (χ3v) is 3.30. The van der Waals surface area contributed by atoms with Gasteiger partial charge in [0.25, 0.3) is 0 Å². The van der Waals surface area contributed by atoms with E-state index >= 15 is 0 Å². The summed E-state index contributed by atoms with van der Waals surface area (Å²) in [5.74, 6) is 0.294. The molecular weight excluding hydrogens is 280 g/mol. The lowest BCUT2D eigenvalue weighted by molar-refractivity contribution is -0.145. The Balaban J connectivity index is 2.17. The standard InChI is InChI=1S/C18H20O4/c1-12-7-13(2)9-16(8-12)22-17(18(19)20)11-14-5-4-6-15(10-14)21-3/h4-10,17H,11H2,1-3H3,(H,19,20)/t17-/m0/s1. The molecule has 0 aliphatic heterocycles. The number of rotatable bonds is 6. The summed E-state index contributed by atoms with van der Waals surface area (Å²) in [5.41, 5.74) is 2.94. The second kappa shape index (κ2) is 6.98. The van der Waals surface area contributed by atoms with Gasteiger partial charge in [-0.05, 0) is 54.8 Å². The Morgan fingerprint density at radius 3 is 2.36 bits per heavy atom. The topological polar surface area (TPSA) is 55.8 Å². The van der Waals surface area contributed by atoms with Crippen LogP contribution in [0, 0.1) is 13.8 Å². The molecule has 2 rings (SSSR count). The molecule has 0 bridgehead atoms. The Morgan fingerprint density at radius 1 is 1.09 bits per heavy atom.